The maximum Gasteiger partial charge on any atom is 0.251 e. The quantitative estimate of drug-likeness (QED) is 0.915. The molecule has 114 valence electrons. The van der Waals surface area contributed by atoms with Crippen molar-refractivity contribution in [3.8, 4) is 5.75 Å². The molecule has 4 nitrogen and oxygen atoms in total. The number of hydrogen-bond donors (Lipinski definition) is 2. The highest BCUT2D eigenvalue weighted by molar-refractivity contribution is 5.94. The molecule has 4 heteroatoms. The third kappa shape index (κ3) is 3.12. The van der Waals surface area contributed by atoms with Crippen LogP contribution in [-0.4, -0.2) is 12.5 Å². The van der Waals surface area contributed by atoms with Crippen LogP contribution in [0, 0.1) is 0 Å². The second kappa shape index (κ2) is 6.62. The number of para-hydroxylation sites is 1. The summed E-state index contributed by atoms with van der Waals surface area (Å²) in [4.78, 5) is 12.5. The third-order valence-electron chi connectivity index (χ3n) is 3.95. The molecule has 1 amide bonds. The van der Waals surface area contributed by atoms with Gasteiger partial charge in [-0.25, -0.2) is 0 Å². The summed E-state index contributed by atoms with van der Waals surface area (Å²) >= 11 is 0. The van der Waals surface area contributed by atoms with Crippen molar-refractivity contribution in [1.82, 2.24) is 5.32 Å². The standard InChI is InChI=1S/C18H20N2O2/c19-12-13-7-9-14(10-8-13)18(21)20-16-5-3-11-22-17-6-2-1-4-15(16)17/h1-2,4,6-10,16H,3,5,11-12,19H2,(H,20,21). The summed E-state index contributed by atoms with van der Waals surface area (Å²) in [6.07, 6.45) is 1.80. The number of benzene rings is 2. The van der Waals surface area contributed by atoms with E-state index in [1.165, 1.54) is 0 Å². The Labute approximate surface area is 130 Å². The molecule has 0 saturated heterocycles. The van der Waals surface area contributed by atoms with Crippen LogP contribution in [0.25, 0.3) is 0 Å². The van der Waals surface area contributed by atoms with E-state index >= 15 is 0 Å². The molecule has 1 aliphatic rings. The molecule has 0 spiro atoms. The van der Waals surface area contributed by atoms with Gasteiger partial charge in [0.05, 0.1) is 12.6 Å². The number of rotatable bonds is 3. The van der Waals surface area contributed by atoms with E-state index in [1.54, 1.807) is 0 Å². The monoisotopic (exact) mass is 296 g/mol. The van der Waals surface area contributed by atoms with Gasteiger partial charge in [0.25, 0.3) is 5.91 Å². The van der Waals surface area contributed by atoms with Crippen molar-refractivity contribution in [1.29, 1.82) is 0 Å². The summed E-state index contributed by atoms with van der Waals surface area (Å²) < 4.78 is 5.73. The molecule has 2 aromatic carbocycles. The topological polar surface area (TPSA) is 64.4 Å². The molecule has 0 aromatic heterocycles. The van der Waals surface area contributed by atoms with Gasteiger partial charge in [0.15, 0.2) is 0 Å². The normalized spacial score (nSPS) is 17.0. The number of ether oxygens (including phenoxy) is 1. The molecule has 2 aromatic rings. The second-order valence-electron chi connectivity index (χ2n) is 5.46. The number of carbonyl (C=O) groups excluding carboxylic acids is 1. The number of carbonyl (C=O) groups is 1. The van der Waals surface area contributed by atoms with Gasteiger partial charge in [-0.3, -0.25) is 4.79 Å². The number of nitrogens with two attached hydrogens (primary N) is 1. The second-order valence-corrected chi connectivity index (χ2v) is 5.46. The van der Waals surface area contributed by atoms with E-state index in [-0.39, 0.29) is 11.9 Å². The zero-order valence-electron chi connectivity index (χ0n) is 12.4. The Kier molecular flexibility index (Phi) is 4.39. The number of amides is 1. The van der Waals surface area contributed by atoms with Crippen LogP contribution in [0.4, 0.5) is 0 Å². The van der Waals surface area contributed by atoms with Crippen LogP contribution >= 0.6 is 0 Å². The Hall–Kier alpha value is -2.33. The fourth-order valence-corrected chi connectivity index (χ4v) is 2.71. The fourth-order valence-electron chi connectivity index (χ4n) is 2.71. The van der Waals surface area contributed by atoms with Gasteiger partial charge in [-0.2, -0.15) is 0 Å². The van der Waals surface area contributed by atoms with Crippen LogP contribution in [-0.2, 0) is 6.54 Å². The van der Waals surface area contributed by atoms with Gasteiger partial charge >= 0.3 is 0 Å². The van der Waals surface area contributed by atoms with Crippen molar-refractivity contribution in [3.05, 3.63) is 65.2 Å². The lowest BCUT2D eigenvalue weighted by Crippen LogP contribution is -2.28. The number of hydrogen-bond acceptors (Lipinski definition) is 3. The molecule has 1 aliphatic heterocycles. The first-order valence-electron chi connectivity index (χ1n) is 7.59. The van der Waals surface area contributed by atoms with Gasteiger partial charge in [-0.1, -0.05) is 30.3 Å². The molecule has 0 radical (unpaired) electrons. The van der Waals surface area contributed by atoms with Gasteiger partial charge < -0.3 is 15.8 Å². The average molecular weight is 296 g/mol. The van der Waals surface area contributed by atoms with Crippen LogP contribution in [0.3, 0.4) is 0 Å². The minimum atomic E-state index is -0.0646. The van der Waals surface area contributed by atoms with Gasteiger partial charge in [0, 0.05) is 17.7 Å². The van der Waals surface area contributed by atoms with Crippen molar-refractivity contribution >= 4 is 5.91 Å². The van der Waals surface area contributed by atoms with Crippen LogP contribution in [0.2, 0.25) is 0 Å². The van der Waals surface area contributed by atoms with Crippen molar-refractivity contribution in [3.63, 3.8) is 0 Å². The molecule has 0 bridgehead atoms. The highest BCUT2D eigenvalue weighted by atomic mass is 16.5. The van der Waals surface area contributed by atoms with Crippen LogP contribution in [0.1, 0.15) is 40.4 Å². The zero-order valence-corrected chi connectivity index (χ0v) is 12.4. The predicted octanol–water partition coefficient (Wildman–Crippen LogP) is 2.79. The van der Waals surface area contributed by atoms with E-state index in [0.717, 1.165) is 29.7 Å². The first-order valence-corrected chi connectivity index (χ1v) is 7.59. The molecule has 3 rings (SSSR count). The first-order chi connectivity index (χ1) is 10.8. The molecule has 1 heterocycles. The lowest BCUT2D eigenvalue weighted by Gasteiger charge is -2.18. The summed E-state index contributed by atoms with van der Waals surface area (Å²) in [6.45, 7) is 1.17. The average Bonchev–Trinajstić information content (AvgIpc) is 2.77. The van der Waals surface area contributed by atoms with E-state index in [2.05, 4.69) is 5.32 Å². The Bertz CT molecular complexity index is 652. The van der Waals surface area contributed by atoms with E-state index in [1.807, 2.05) is 48.5 Å². The summed E-state index contributed by atoms with van der Waals surface area (Å²) in [5.74, 6) is 0.800. The fraction of sp³-hybridized carbons (Fsp3) is 0.278. The number of nitrogens with one attached hydrogen (secondary N) is 1. The molecule has 0 aliphatic carbocycles. The van der Waals surface area contributed by atoms with E-state index in [0.29, 0.717) is 18.7 Å². The highest BCUT2D eigenvalue weighted by Gasteiger charge is 2.21. The molecule has 22 heavy (non-hydrogen) atoms. The number of fused-ring (bicyclic) bond motifs is 1. The van der Waals surface area contributed by atoms with E-state index < -0.39 is 0 Å². The molecule has 0 saturated carbocycles. The molecule has 1 atom stereocenters. The summed E-state index contributed by atoms with van der Waals surface area (Å²) in [6, 6.07) is 15.3. The van der Waals surface area contributed by atoms with E-state index in [9.17, 15) is 4.79 Å². The lowest BCUT2D eigenvalue weighted by molar-refractivity contribution is 0.0934. The smallest absolute Gasteiger partial charge is 0.251 e. The molecule has 0 fully saturated rings. The van der Waals surface area contributed by atoms with Crippen molar-refractivity contribution < 1.29 is 9.53 Å². The van der Waals surface area contributed by atoms with Gasteiger partial charge in [-0.15, -0.1) is 0 Å². The summed E-state index contributed by atoms with van der Waals surface area (Å²) in [7, 11) is 0. The van der Waals surface area contributed by atoms with Crippen LogP contribution in [0.5, 0.6) is 5.75 Å². The minimum absolute atomic E-state index is 0.0135. The SMILES string of the molecule is NCc1ccc(C(=O)NC2CCCOc3ccccc32)cc1. The third-order valence-corrected chi connectivity index (χ3v) is 3.95. The molecular weight excluding hydrogens is 276 g/mol. The molecule has 3 N–H and O–H groups in total. The van der Waals surface area contributed by atoms with Gasteiger partial charge in [0.1, 0.15) is 5.75 Å². The molecular formula is C18H20N2O2. The Morgan fingerprint density at radius 3 is 2.73 bits per heavy atom. The largest absolute Gasteiger partial charge is 0.493 e. The van der Waals surface area contributed by atoms with Crippen molar-refractivity contribution in [2.45, 2.75) is 25.4 Å². The highest BCUT2D eigenvalue weighted by Crippen LogP contribution is 2.31. The maximum absolute atomic E-state index is 12.5. The maximum atomic E-state index is 12.5. The van der Waals surface area contributed by atoms with Gasteiger partial charge in [0.2, 0.25) is 0 Å². The first kappa shape index (κ1) is 14.6. The molecule has 1 unspecified atom stereocenters. The van der Waals surface area contributed by atoms with Crippen LogP contribution < -0.4 is 15.8 Å². The van der Waals surface area contributed by atoms with Crippen LogP contribution in [0.15, 0.2) is 48.5 Å². The lowest BCUT2D eigenvalue weighted by atomic mass is 10.0. The Morgan fingerprint density at radius 2 is 1.95 bits per heavy atom. The minimum Gasteiger partial charge on any atom is -0.493 e. The van der Waals surface area contributed by atoms with Gasteiger partial charge in [-0.05, 0) is 36.6 Å². The van der Waals surface area contributed by atoms with Crippen molar-refractivity contribution in [2.24, 2.45) is 5.73 Å². The van der Waals surface area contributed by atoms with E-state index in [4.69, 9.17) is 10.5 Å². The zero-order chi connectivity index (χ0) is 15.4. The summed E-state index contributed by atoms with van der Waals surface area (Å²) in [5.41, 5.74) is 8.30. The summed E-state index contributed by atoms with van der Waals surface area (Å²) in [5, 5.41) is 3.12. The predicted molar refractivity (Wildman–Crippen MR) is 85.7 cm³/mol. The Balaban J connectivity index is 1.78. The van der Waals surface area contributed by atoms with Crippen molar-refractivity contribution in [2.75, 3.05) is 6.61 Å². The Morgan fingerprint density at radius 1 is 1.18 bits per heavy atom.